The van der Waals surface area contributed by atoms with Crippen LogP contribution in [0.3, 0.4) is 0 Å². The summed E-state index contributed by atoms with van der Waals surface area (Å²) in [5.74, 6) is 2.06. The molecule has 4 atom stereocenters. The fraction of sp³-hybridized carbons (Fsp3) is 1.00. The highest BCUT2D eigenvalue weighted by molar-refractivity contribution is 4.97. The van der Waals surface area contributed by atoms with Crippen LogP contribution in [-0.2, 0) is 0 Å². The second kappa shape index (κ2) is 14.8. The summed E-state index contributed by atoms with van der Waals surface area (Å²) >= 11 is 0. The van der Waals surface area contributed by atoms with Crippen molar-refractivity contribution in [3.63, 3.8) is 0 Å². The van der Waals surface area contributed by atoms with Gasteiger partial charge in [-0.2, -0.15) is 0 Å². The first-order chi connectivity index (χ1) is 17.3. The fourth-order valence-electron chi connectivity index (χ4n) is 9.51. The molecule has 0 aromatic rings. The molecule has 4 aliphatic carbocycles. The molecule has 35 heavy (non-hydrogen) atoms. The van der Waals surface area contributed by atoms with Crippen LogP contribution in [0, 0.1) is 22.7 Å². The van der Waals surface area contributed by atoms with E-state index >= 15 is 0 Å². The van der Waals surface area contributed by atoms with Crippen molar-refractivity contribution in [2.24, 2.45) is 22.7 Å². The first kappa shape index (κ1) is 28.0. The predicted octanol–water partition coefficient (Wildman–Crippen LogP) is 10.8. The molecule has 4 saturated carbocycles. The van der Waals surface area contributed by atoms with Crippen molar-refractivity contribution in [1.82, 2.24) is 5.32 Å². The Hall–Kier alpha value is -0.0400. The minimum Gasteiger partial charge on any atom is -0.314 e. The van der Waals surface area contributed by atoms with Crippen LogP contribution >= 0.6 is 0 Å². The fourth-order valence-corrected chi connectivity index (χ4v) is 9.51. The lowest BCUT2D eigenvalue weighted by atomic mass is 9.53. The van der Waals surface area contributed by atoms with Gasteiger partial charge in [-0.15, -0.1) is 0 Å². The van der Waals surface area contributed by atoms with Gasteiger partial charge in [0.05, 0.1) is 0 Å². The van der Waals surface area contributed by atoms with Crippen LogP contribution in [0.1, 0.15) is 180 Å². The summed E-state index contributed by atoms with van der Waals surface area (Å²) in [6, 6.07) is 0.791. The highest BCUT2D eigenvalue weighted by Gasteiger charge is 2.46. The van der Waals surface area contributed by atoms with Crippen LogP contribution in [0.2, 0.25) is 0 Å². The van der Waals surface area contributed by atoms with E-state index in [1.54, 1.807) is 57.8 Å². The van der Waals surface area contributed by atoms with Gasteiger partial charge in [0.2, 0.25) is 0 Å². The van der Waals surface area contributed by atoms with Crippen LogP contribution < -0.4 is 5.32 Å². The summed E-state index contributed by atoms with van der Waals surface area (Å²) in [5.41, 5.74) is 1.41. The third-order valence-corrected chi connectivity index (χ3v) is 11.7. The molecule has 0 heterocycles. The molecular formula is C34H63N. The van der Waals surface area contributed by atoms with Crippen LogP contribution in [0.4, 0.5) is 0 Å². The second-order valence-electron chi connectivity index (χ2n) is 14.0. The number of rotatable bonds is 3. The molecule has 1 nitrogen and oxygen atoms in total. The Kier molecular flexibility index (Phi) is 11.8. The van der Waals surface area contributed by atoms with E-state index in [1.807, 2.05) is 0 Å². The van der Waals surface area contributed by atoms with Crippen molar-refractivity contribution in [2.45, 2.75) is 186 Å². The third-order valence-electron chi connectivity index (χ3n) is 11.7. The Bertz CT molecular complexity index is 561. The SMILES string of the molecule is CCCNC1CCCCCCCC23CCCCCCC2C(CC1)CCC1(CCCCCCC1)CC3. The first-order valence-corrected chi connectivity index (χ1v) is 17.0. The summed E-state index contributed by atoms with van der Waals surface area (Å²) in [6.45, 7) is 3.57. The number of hydrogen-bond acceptors (Lipinski definition) is 1. The van der Waals surface area contributed by atoms with E-state index in [0.29, 0.717) is 10.8 Å². The largest absolute Gasteiger partial charge is 0.314 e. The van der Waals surface area contributed by atoms with Gasteiger partial charge in [0.1, 0.15) is 0 Å². The maximum Gasteiger partial charge on any atom is 0.00671 e. The molecule has 1 heteroatoms. The average molecular weight is 486 g/mol. The zero-order valence-corrected chi connectivity index (χ0v) is 24.0. The minimum atomic E-state index is 0.696. The van der Waals surface area contributed by atoms with E-state index in [9.17, 15) is 0 Å². The van der Waals surface area contributed by atoms with Crippen molar-refractivity contribution in [2.75, 3.05) is 6.54 Å². The summed E-state index contributed by atoms with van der Waals surface area (Å²) in [4.78, 5) is 0. The van der Waals surface area contributed by atoms with Crippen LogP contribution in [0.25, 0.3) is 0 Å². The lowest BCUT2D eigenvalue weighted by Gasteiger charge is -2.52. The van der Waals surface area contributed by atoms with Gasteiger partial charge >= 0.3 is 0 Å². The summed E-state index contributed by atoms with van der Waals surface area (Å²) in [7, 11) is 0. The molecule has 0 saturated heterocycles. The van der Waals surface area contributed by atoms with E-state index in [0.717, 1.165) is 17.9 Å². The molecular weight excluding hydrogens is 422 g/mol. The topological polar surface area (TPSA) is 12.0 Å². The van der Waals surface area contributed by atoms with Crippen molar-refractivity contribution in [3.8, 4) is 0 Å². The third kappa shape index (κ3) is 8.22. The number of nitrogens with one attached hydrogen (secondary N) is 1. The zero-order valence-electron chi connectivity index (χ0n) is 24.0. The molecule has 4 fully saturated rings. The molecule has 0 radical (unpaired) electrons. The van der Waals surface area contributed by atoms with Crippen LogP contribution in [0.5, 0.6) is 0 Å². The van der Waals surface area contributed by atoms with Gasteiger partial charge in [-0.3, -0.25) is 0 Å². The van der Waals surface area contributed by atoms with Crippen molar-refractivity contribution in [3.05, 3.63) is 0 Å². The van der Waals surface area contributed by atoms with Gasteiger partial charge in [0.25, 0.3) is 0 Å². The highest BCUT2D eigenvalue weighted by Crippen LogP contribution is 2.57. The normalized spacial score (nSPS) is 36.4. The van der Waals surface area contributed by atoms with Crippen molar-refractivity contribution < 1.29 is 0 Å². The lowest BCUT2D eigenvalue weighted by Crippen LogP contribution is -2.41. The molecule has 204 valence electrons. The molecule has 0 amide bonds. The van der Waals surface area contributed by atoms with E-state index < -0.39 is 0 Å². The van der Waals surface area contributed by atoms with Crippen molar-refractivity contribution >= 4 is 0 Å². The summed E-state index contributed by atoms with van der Waals surface area (Å²) < 4.78 is 0. The molecule has 4 rings (SSSR count). The van der Waals surface area contributed by atoms with E-state index in [4.69, 9.17) is 0 Å². The maximum absolute atomic E-state index is 4.01. The van der Waals surface area contributed by atoms with E-state index in [1.165, 1.54) is 122 Å². The van der Waals surface area contributed by atoms with Gasteiger partial charge < -0.3 is 5.32 Å². The molecule has 2 bridgehead atoms. The van der Waals surface area contributed by atoms with Crippen LogP contribution in [-0.4, -0.2) is 12.6 Å². The lowest BCUT2D eigenvalue weighted by molar-refractivity contribution is -0.0109. The summed E-state index contributed by atoms with van der Waals surface area (Å²) in [6.07, 6.45) is 41.2. The van der Waals surface area contributed by atoms with Gasteiger partial charge in [-0.05, 0) is 113 Å². The zero-order chi connectivity index (χ0) is 24.2. The molecule has 0 aromatic carbocycles. The number of hydrogen-bond donors (Lipinski definition) is 1. The van der Waals surface area contributed by atoms with Gasteiger partial charge in [0.15, 0.2) is 0 Å². The van der Waals surface area contributed by atoms with Gasteiger partial charge in [-0.25, -0.2) is 0 Å². The first-order valence-electron chi connectivity index (χ1n) is 17.0. The molecule has 0 aromatic heterocycles. The monoisotopic (exact) mass is 485 g/mol. The second-order valence-corrected chi connectivity index (χ2v) is 14.0. The Morgan fingerprint density at radius 2 is 1.11 bits per heavy atom. The van der Waals surface area contributed by atoms with Crippen LogP contribution in [0.15, 0.2) is 0 Å². The molecule has 0 aliphatic heterocycles. The van der Waals surface area contributed by atoms with E-state index in [2.05, 4.69) is 12.2 Å². The van der Waals surface area contributed by atoms with Crippen molar-refractivity contribution in [1.29, 1.82) is 0 Å². The Balaban J connectivity index is 1.60. The minimum absolute atomic E-state index is 0.696. The molecule has 4 unspecified atom stereocenters. The maximum atomic E-state index is 4.01. The van der Waals surface area contributed by atoms with Gasteiger partial charge in [-0.1, -0.05) is 96.8 Å². The van der Waals surface area contributed by atoms with Gasteiger partial charge in [0, 0.05) is 6.04 Å². The Morgan fingerprint density at radius 3 is 1.80 bits per heavy atom. The molecule has 1 N–H and O–H groups in total. The predicted molar refractivity (Wildman–Crippen MR) is 154 cm³/mol. The van der Waals surface area contributed by atoms with E-state index in [-0.39, 0.29) is 0 Å². The Morgan fingerprint density at radius 1 is 0.514 bits per heavy atom. The average Bonchev–Trinajstić information content (AvgIpc) is 2.84. The molecule has 1 spiro atoms. The Labute approximate surface area is 220 Å². The smallest absolute Gasteiger partial charge is 0.00671 e. The highest BCUT2D eigenvalue weighted by atomic mass is 14.9. The standard InChI is InChI=1S/C34H63N/c1-2-29-35-31-17-11-5-3-9-15-24-34-25-16-10-6-12-18-32(34)30(19-20-31)21-26-33(27-28-34)22-13-7-4-8-14-23-33/h30-32,35H,2-29H2,1H3. The summed E-state index contributed by atoms with van der Waals surface area (Å²) in [5, 5.41) is 4.01. The quantitative estimate of drug-likeness (QED) is 0.419. The molecule has 4 aliphatic rings.